The lowest BCUT2D eigenvalue weighted by atomic mass is 9.93. The molecule has 0 spiro atoms. The first-order valence-electron chi connectivity index (χ1n) is 6.47. The third kappa shape index (κ3) is 2.94. The number of aryl methyl sites for hydroxylation is 2. The lowest BCUT2D eigenvalue weighted by Gasteiger charge is -2.28. The number of aliphatic carboxylic acids is 1. The number of hydrogen-bond donors (Lipinski definition) is 2. The van der Waals surface area contributed by atoms with Gasteiger partial charge in [-0.2, -0.15) is 5.10 Å². The van der Waals surface area contributed by atoms with E-state index in [1.807, 2.05) is 6.92 Å². The molecule has 1 fully saturated rings. The van der Waals surface area contributed by atoms with Crippen LogP contribution < -0.4 is 5.32 Å². The van der Waals surface area contributed by atoms with Crippen molar-refractivity contribution in [3.05, 3.63) is 17.5 Å². The number of rotatable bonds is 4. The fourth-order valence-electron chi connectivity index (χ4n) is 2.66. The maximum atomic E-state index is 12.2. The van der Waals surface area contributed by atoms with E-state index in [1.54, 1.807) is 17.8 Å². The van der Waals surface area contributed by atoms with Crippen LogP contribution in [0.15, 0.2) is 6.07 Å². The molecule has 0 radical (unpaired) electrons. The third-order valence-corrected chi connectivity index (χ3v) is 3.78. The Balaban J connectivity index is 2.13. The largest absolute Gasteiger partial charge is 0.481 e. The first kappa shape index (κ1) is 13.6. The molecule has 1 amide bonds. The van der Waals surface area contributed by atoms with Gasteiger partial charge in [-0.1, -0.05) is 12.8 Å². The molecule has 1 aliphatic carbocycles. The van der Waals surface area contributed by atoms with Crippen molar-refractivity contribution in [3.8, 4) is 0 Å². The van der Waals surface area contributed by atoms with Crippen molar-refractivity contribution < 1.29 is 14.7 Å². The second kappa shape index (κ2) is 5.03. The van der Waals surface area contributed by atoms with Gasteiger partial charge in [0.15, 0.2) is 0 Å². The van der Waals surface area contributed by atoms with Crippen molar-refractivity contribution in [2.24, 2.45) is 7.05 Å². The van der Waals surface area contributed by atoms with Crippen LogP contribution in [0, 0.1) is 6.92 Å². The number of carbonyl (C=O) groups is 2. The minimum absolute atomic E-state index is 0.0233. The zero-order valence-electron chi connectivity index (χ0n) is 11.3. The normalized spacial score (nSPS) is 17.4. The first-order valence-corrected chi connectivity index (χ1v) is 6.47. The molecular formula is C13H19N3O3. The Morgan fingerprint density at radius 2 is 2.11 bits per heavy atom. The number of aromatic nitrogens is 2. The van der Waals surface area contributed by atoms with Gasteiger partial charge in [0.25, 0.3) is 5.91 Å². The average Bonchev–Trinajstić information content (AvgIpc) is 2.87. The van der Waals surface area contributed by atoms with Gasteiger partial charge in [-0.25, -0.2) is 0 Å². The molecule has 104 valence electrons. The Morgan fingerprint density at radius 1 is 1.47 bits per heavy atom. The minimum atomic E-state index is -0.876. The summed E-state index contributed by atoms with van der Waals surface area (Å²) in [5.74, 6) is -1.16. The summed E-state index contributed by atoms with van der Waals surface area (Å²) in [5, 5.41) is 16.0. The molecule has 0 bridgehead atoms. The number of amides is 1. The summed E-state index contributed by atoms with van der Waals surface area (Å²) in [6.07, 6.45) is 3.32. The van der Waals surface area contributed by atoms with E-state index < -0.39 is 11.5 Å². The Hall–Kier alpha value is -1.85. The lowest BCUT2D eigenvalue weighted by molar-refractivity contribution is -0.138. The maximum Gasteiger partial charge on any atom is 0.305 e. The molecule has 0 aromatic carbocycles. The van der Waals surface area contributed by atoms with Crippen LogP contribution in [-0.4, -0.2) is 32.3 Å². The molecule has 1 aromatic rings. The number of carboxylic acids is 1. The highest BCUT2D eigenvalue weighted by atomic mass is 16.4. The predicted molar refractivity (Wildman–Crippen MR) is 68.9 cm³/mol. The van der Waals surface area contributed by atoms with Gasteiger partial charge in [-0.15, -0.1) is 0 Å². The van der Waals surface area contributed by atoms with Crippen LogP contribution in [0.5, 0.6) is 0 Å². The van der Waals surface area contributed by atoms with E-state index in [1.165, 1.54) is 0 Å². The second-order valence-corrected chi connectivity index (χ2v) is 5.31. The Kier molecular flexibility index (Phi) is 3.59. The quantitative estimate of drug-likeness (QED) is 0.858. The summed E-state index contributed by atoms with van der Waals surface area (Å²) in [6.45, 7) is 1.87. The summed E-state index contributed by atoms with van der Waals surface area (Å²) in [6, 6.07) is 1.71. The number of nitrogens with zero attached hydrogens (tertiary/aromatic N) is 2. The van der Waals surface area contributed by atoms with Gasteiger partial charge in [-0.3, -0.25) is 14.3 Å². The van der Waals surface area contributed by atoms with Gasteiger partial charge >= 0.3 is 5.97 Å². The zero-order chi connectivity index (χ0) is 14.0. The fraction of sp³-hybridized carbons (Fsp3) is 0.615. The van der Waals surface area contributed by atoms with Crippen molar-refractivity contribution >= 4 is 11.9 Å². The van der Waals surface area contributed by atoms with E-state index >= 15 is 0 Å². The van der Waals surface area contributed by atoms with E-state index in [2.05, 4.69) is 10.4 Å². The predicted octanol–water partition coefficient (Wildman–Crippen LogP) is 1.25. The number of hydrogen-bond acceptors (Lipinski definition) is 3. The molecule has 1 aromatic heterocycles. The van der Waals surface area contributed by atoms with E-state index in [0.29, 0.717) is 5.69 Å². The second-order valence-electron chi connectivity index (χ2n) is 5.31. The number of nitrogens with one attached hydrogen (secondary N) is 1. The van der Waals surface area contributed by atoms with Crippen LogP contribution in [0.3, 0.4) is 0 Å². The van der Waals surface area contributed by atoms with Crippen LogP contribution in [0.1, 0.15) is 48.3 Å². The van der Waals surface area contributed by atoms with Crippen molar-refractivity contribution in [2.75, 3.05) is 0 Å². The molecular weight excluding hydrogens is 246 g/mol. The highest BCUT2D eigenvalue weighted by Crippen LogP contribution is 2.32. The molecule has 0 aliphatic heterocycles. The molecule has 0 unspecified atom stereocenters. The third-order valence-electron chi connectivity index (χ3n) is 3.78. The van der Waals surface area contributed by atoms with E-state index in [0.717, 1.165) is 31.4 Å². The van der Waals surface area contributed by atoms with Gasteiger partial charge in [0, 0.05) is 12.7 Å². The van der Waals surface area contributed by atoms with E-state index in [4.69, 9.17) is 5.11 Å². The monoisotopic (exact) mass is 265 g/mol. The van der Waals surface area contributed by atoms with Crippen LogP contribution in [0.4, 0.5) is 0 Å². The molecule has 19 heavy (non-hydrogen) atoms. The van der Waals surface area contributed by atoms with Crippen LogP contribution in [-0.2, 0) is 11.8 Å². The molecule has 0 saturated heterocycles. The van der Waals surface area contributed by atoms with Crippen LogP contribution in [0.25, 0.3) is 0 Å². The SMILES string of the molecule is Cc1cc(C(=O)NC2(CC(=O)O)CCCC2)nn1C. The molecule has 1 heterocycles. The summed E-state index contributed by atoms with van der Waals surface area (Å²) in [5.41, 5.74) is 0.634. The first-order chi connectivity index (χ1) is 8.92. The van der Waals surface area contributed by atoms with Crippen molar-refractivity contribution in [1.29, 1.82) is 0 Å². The van der Waals surface area contributed by atoms with Crippen LogP contribution in [0.2, 0.25) is 0 Å². The molecule has 0 atom stereocenters. The van der Waals surface area contributed by atoms with Crippen molar-refractivity contribution in [1.82, 2.24) is 15.1 Å². The summed E-state index contributed by atoms with van der Waals surface area (Å²) in [7, 11) is 1.77. The number of carbonyl (C=O) groups excluding carboxylic acids is 1. The summed E-state index contributed by atoms with van der Waals surface area (Å²) in [4.78, 5) is 23.1. The molecule has 6 nitrogen and oxygen atoms in total. The lowest BCUT2D eigenvalue weighted by Crippen LogP contribution is -2.47. The maximum absolute atomic E-state index is 12.2. The smallest absolute Gasteiger partial charge is 0.305 e. The van der Waals surface area contributed by atoms with Crippen LogP contribution >= 0.6 is 0 Å². The van der Waals surface area contributed by atoms with Gasteiger partial charge in [-0.05, 0) is 25.8 Å². The fourth-order valence-corrected chi connectivity index (χ4v) is 2.66. The molecule has 2 rings (SSSR count). The average molecular weight is 265 g/mol. The molecule has 2 N–H and O–H groups in total. The minimum Gasteiger partial charge on any atom is -0.481 e. The Bertz CT molecular complexity index is 482. The Morgan fingerprint density at radius 3 is 2.58 bits per heavy atom. The molecule has 1 aliphatic rings. The van der Waals surface area contributed by atoms with Crippen molar-refractivity contribution in [3.63, 3.8) is 0 Å². The zero-order valence-corrected chi connectivity index (χ0v) is 11.3. The highest BCUT2D eigenvalue weighted by Gasteiger charge is 2.38. The van der Waals surface area contributed by atoms with E-state index in [-0.39, 0.29) is 12.3 Å². The van der Waals surface area contributed by atoms with Gasteiger partial charge in [0.05, 0.1) is 12.0 Å². The summed E-state index contributed by atoms with van der Waals surface area (Å²) >= 11 is 0. The van der Waals surface area contributed by atoms with Gasteiger partial charge in [0.2, 0.25) is 0 Å². The van der Waals surface area contributed by atoms with Gasteiger partial charge < -0.3 is 10.4 Å². The summed E-state index contributed by atoms with van der Waals surface area (Å²) < 4.78 is 1.63. The van der Waals surface area contributed by atoms with Crippen molar-refractivity contribution in [2.45, 2.75) is 44.6 Å². The Labute approximate surface area is 111 Å². The molecule has 1 saturated carbocycles. The standard InChI is InChI=1S/C13H19N3O3/c1-9-7-10(15-16(9)2)12(19)14-13(8-11(17)18)5-3-4-6-13/h7H,3-6,8H2,1-2H3,(H,14,19)(H,17,18). The number of carboxylic acid groups (broad SMARTS) is 1. The van der Waals surface area contributed by atoms with Gasteiger partial charge in [0.1, 0.15) is 5.69 Å². The van der Waals surface area contributed by atoms with E-state index in [9.17, 15) is 9.59 Å². The topological polar surface area (TPSA) is 84.2 Å². The highest BCUT2D eigenvalue weighted by molar-refractivity contribution is 5.93. The molecule has 6 heteroatoms.